The molecule has 2 aromatic carbocycles. The number of anilines is 1. The van der Waals surface area contributed by atoms with Crippen LogP contribution < -0.4 is 13.8 Å². The first-order chi connectivity index (χ1) is 15.9. The molecule has 174 valence electrons. The second-order valence-corrected chi connectivity index (χ2v) is 10.3. The Morgan fingerprint density at radius 1 is 1.12 bits per heavy atom. The van der Waals surface area contributed by atoms with Crippen LogP contribution in [0.2, 0.25) is 0 Å². The van der Waals surface area contributed by atoms with Gasteiger partial charge in [0.1, 0.15) is 0 Å². The molecule has 0 amide bonds. The summed E-state index contributed by atoms with van der Waals surface area (Å²) >= 11 is 1.15. The van der Waals surface area contributed by atoms with Crippen LogP contribution in [-0.2, 0) is 16.4 Å². The number of aromatic nitrogens is 2. The topological polar surface area (TPSA) is 112 Å². The van der Waals surface area contributed by atoms with Crippen molar-refractivity contribution in [2.24, 2.45) is 0 Å². The maximum Gasteiger partial charge on any atom is 0.277 e. The molecule has 1 aromatic heterocycles. The van der Waals surface area contributed by atoms with Crippen molar-refractivity contribution in [1.29, 1.82) is 0 Å². The molecule has 0 saturated heterocycles. The minimum atomic E-state index is -3.32. The number of carbonyl (C=O) groups excluding carboxylic acids is 1. The smallest absolute Gasteiger partial charge is 0.277 e. The minimum absolute atomic E-state index is 0.0409. The van der Waals surface area contributed by atoms with Crippen LogP contribution in [0.5, 0.6) is 11.5 Å². The quantitative estimate of drug-likeness (QED) is 0.329. The number of thioether (sulfide) groups is 1. The largest absolute Gasteiger partial charge is 0.493 e. The van der Waals surface area contributed by atoms with Gasteiger partial charge in [0.25, 0.3) is 5.22 Å². The normalized spacial score (nSPS) is 13.1. The SMILES string of the molecule is CCS(=O)(=O)N1CCc2cc(C(=O)CSc3nnc(-c4ccc(OC)c(OC)c4)o3)ccc21. The number of sulfonamides is 1. The highest BCUT2D eigenvalue weighted by molar-refractivity contribution is 7.99. The van der Waals surface area contributed by atoms with Crippen LogP contribution in [0.3, 0.4) is 0 Å². The van der Waals surface area contributed by atoms with Crippen molar-refractivity contribution in [2.75, 3.05) is 36.6 Å². The number of methoxy groups -OCH3 is 2. The van der Waals surface area contributed by atoms with E-state index >= 15 is 0 Å². The monoisotopic (exact) mass is 489 g/mol. The van der Waals surface area contributed by atoms with Gasteiger partial charge in [-0.3, -0.25) is 9.10 Å². The summed E-state index contributed by atoms with van der Waals surface area (Å²) in [4.78, 5) is 12.7. The van der Waals surface area contributed by atoms with Crippen LogP contribution in [0.1, 0.15) is 22.8 Å². The first-order valence-electron chi connectivity index (χ1n) is 10.2. The second kappa shape index (κ2) is 9.44. The van der Waals surface area contributed by atoms with E-state index in [4.69, 9.17) is 13.9 Å². The second-order valence-electron chi connectivity index (χ2n) is 7.22. The van der Waals surface area contributed by atoms with Crippen LogP contribution in [0, 0.1) is 0 Å². The van der Waals surface area contributed by atoms with Gasteiger partial charge in [0.05, 0.1) is 31.4 Å². The Kier molecular flexibility index (Phi) is 6.61. The Morgan fingerprint density at radius 3 is 2.64 bits per heavy atom. The zero-order chi connectivity index (χ0) is 23.6. The third-order valence-electron chi connectivity index (χ3n) is 5.32. The van der Waals surface area contributed by atoms with E-state index in [1.165, 1.54) is 4.31 Å². The number of ether oxygens (including phenoxy) is 2. The number of fused-ring (bicyclic) bond motifs is 1. The van der Waals surface area contributed by atoms with Crippen molar-refractivity contribution in [2.45, 2.75) is 18.6 Å². The lowest BCUT2D eigenvalue weighted by Crippen LogP contribution is -2.30. The Bertz CT molecular complexity index is 1290. The fourth-order valence-corrected chi connectivity index (χ4v) is 5.37. The molecular weight excluding hydrogens is 466 g/mol. The summed E-state index contributed by atoms with van der Waals surface area (Å²) in [5.41, 5.74) is 2.70. The molecule has 2 heterocycles. The van der Waals surface area contributed by atoms with E-state index in [1.807, 2.05) is 0 Å². The van der Waals surface area contributed by atoms with Gasteiger partial charge in [-0.1, -0.05) is 11.8 Å². The van der Waals surface area contributed by atoms with Crippen molar-refractivity contribution < 1.29 is 27.1 Å². The first kappa shape index (κ1) is 23.1. The number of carbonyl (C=O) groups is 1. The summed E-state index contributed by atoms with van der Waals surface area (Å²) in [6.45, 7) is 2.02. The highest BCUT2D eigenvalue weighted by Crippen LogP contribution is 2.34. The number of ketones is 1. The van der Waals surface area contributed by atoms with Gasteiger partial charge in [-0.2, -0.15) is 0 Å². The van der Waals surface area contributed by atoms with Crippen LogP contribution in [0.4, 0.5) is 5.69 Å². The molecule has 0 radical (unpaired) electrons. The molecule has 33 heavy (non-hydrogen) atoms. The predicted molar refractivity (Wildman–Crippen MR) is 125 cm³/mol. The molecule has 0 fully saturated rings. The lowest BCUT2D eigenvalue weighted by molar-refractivity contribution is 0.102. The van der Waals surface area contributed by atoms with Gasteiger partial charge in [0.2, 0.25) is 15.9 Å². The molecule has 0 atom stereocenters. The van der Waals surface area contributed by atoms with Gasteiger partial charge in [-0.15, -0.1) is 10.2 Å². The summed E-state index contributed by atoms with van der Waals surface area (Å²) in [5, 5.41) is 8.33. The number of hydrogen-bond acceptors (Lipinski definition) is 9. The fourth-order valence-electron chi connectivity index (χ4n) is 3.55. The Hall–Kier alpha value is -3.05. The number of hydrogen-bond donors (Lipinski definition) is 0. The standard InChI is InChI=1S/C22H23N3O6S2/c1-4-33(27,28)25-10-9-14-11-15(5-7-17(14)25)18(26)13-32-22-24-23-21(31-22)16-6-8-19(29-2)20(12-16)30-3/h5-8,11-12H,4,9-10,13H2,1-3H3. The van der Waals surface area contributed by atoms with Crippen LogP contribution >= 0.6 is 11.8 Å². The molecule has 0 aliphatic carbocycles. The summed E-state index contributed by atoms with van der Waals surface area (Å²) in [6, 6.07) is 10.4. The lowest BCUT2D eigenvalue weighted by Gasteiger charge is -2.18. The summed E-state index contributed by atoms with van der Waals surface area (Å²) in [7, 11) is -0.219. The minimum Gasteiger partial charge on any atom is -0.493 e. The van der Waals surface area contributed by atoms with Crippen molar-refractivity contribution >= 4 is 33.3 Å². The molecule has 9 nitrogen and oxygen atoms in total. The number of nitrogens with zero attached hydrogens (tertiary/aromatic N) is 3. The van der Waals surface area contributed by atoms with E-state index < -0.39 is 10.0 Å². The fraction of sp³-hybridized carbons (Fsp3) is 0.318. The summed E-state index contributed by atoms with van der Waals surface area (Å²) < 4.78 is 42.1. The van der Waals surface area contributed by atoms with Crippen molar-refractivity contribution in [3.63, 3.8) is 0 Å². The molecule has 0 saturated carbocycles. The third-order valence-corrected chi connectivity index (χ3v) is 7.92. The van der Waals surface area contributed by atoms with Crippen molar-refractivity contribution in [3.05, 3.63) is 47.5 Å². The molecule has 0 bridgehead atoms. The lowest BCUT2D eigenvalue weighted by atomic mass is 10.1. The van der Waals surface area contributed by atoms with Crippen LogP contribution in [0.15, 0.2) is 46.0 Å². The van der Waals surface area contributed by atoms with Crippen molar-refractivity contribution in [3.8, 4) is 23.0 Å². The zero-order valence-electron chi connectivity index (χ0n) is 18.4. The van der Waals surface area contributed by atoms with Gasteiger partial charge in [0, 0.05) is 17.7 Å². The van der Waals surface area contributed by atoms with E-state index in [2.05, 4.69) is 10.2 Å². The predicted octanol–water partition coefficient (Wildman–Crippen LogP) is 3.44. The van der Waals surface area contributed by atoms with E-state index in [1.54, 1.807) is 57.5 Å². The molecule has 0 spiro atoms. The first-order valence-corrected chi connectivity index (χ1v) is 12.8. The molecule has 1 aliphatic rings. The van der Waals surface area contributed by atoms with Gasteiger partial charge in [0.15, 0.2) is 17.3 Å². The maximum absolute atomic E-state index is 12.7. The van der Waals surface area contributed by atoms with Crippen LogP contribution in [-0.4, -0.2) is 56.7 Å². The third kappa shape index (κ3) is 4.69. The van der Waals surface area contributed by atoms with Gasteiger partial charge in [-0.05, 0) is 55.3 Å². The van der Waals surface area contributed by atoms with E-state index in [0.717, 1.165) is 17.3 Å². The number of Topliss-reactive ketones (excluding diaryl/α,β-unsaturated/α-hetero) is 1. The van der Waals surface area contributed by atoms with Crippen LogP contribution in [0.25, 0.3) is 11.5 Å². The zero-order valence-corrected chi connectivity index (χ0v) is 20.0. The number of benzene rings is 2. The average Bonchev–Trinajstić information content (AvgIpc) is 3.49. The number of rotatable bonds is 9. The van der Waals surface area contributed by atoms with Gasteiger partial charge < -0.3 is 13.9 Å². The summed E-state index contributed by atoms with van der Waals surface area (Å²) in [6.07, 6.45) is 0.584. The Morgan fingerprint density at radius 2 is 1.91 bits per heavy atom. The van der Waals surface area contributed by atoms with E-state index in [0.29, 0.717) is 47.2 Å². The van der Waals surface area contributed by atoms with Gasteiger partial charge >= 0.3 is 0 Å². The Balaban J connectivity index is 1.43. The highest BCUT2D eigenvalue weighted by Gasteiger charge is 2.28. The molecular formula is C22H23N3O6S2. The molecule has 0 N–H and O–H groups in total. The highest BCUT2D eigenvalue weighted by atomic mass is 32.2. The molecule has 0 unspecified atom stereocenters. The van der Waals surface area contributed by atoms with Crippen molar-refractivity contribution in [1.82, 2.24) is 10.2 Å². The molecule has 1 aliphatic heterocycles. The molecule has 11 heteroatoms. The van der Waals surface area contributed by atoms with E-state index in [9.17, 15) is 13.2 Å². The molecule has 3 aromatic rings. The Labute approximate surface area is 196 Å². The average molecular weight is 490 g/mol. The van der Waals surface area contributed by atoms with Gasteiger partial charge in [-0.25, -0.2) is 8.42 Å². The summed E-state index contributed by atoms with van der Waals surface area (Å²) in [5.74, 6) is 1.49. The molecule has 4 rings (SSSR count). The maximum atomic E-state index is 12.7. The van der Waals surface area contributed by atoms with E-state index in [-0.39, 0.29) is 22.5 Å².